The smallest absolute Gasteiger partial charge is 0.227 e. The van der Waals surface area contributed by atoms with Crippen LogP contribution in [0.25, 0.3) is 28.1 Å². The van der Waals surface area contributed by atoms with E-state index >= 15 is 0 Å². The zero-order valence-electron chi connectivity index (χ0n) is 21.0. The summed E-state index contributed by atoms with van der Waals surface area (Å²) in [6, 6.07) is 4.24. The number of nitrogens with zero attached hydrogens (tertiary/aromatic N) is 8. The first kappa shape index (κ1) is 22.2. The summed E-state index contributed by atoms with van der Waals surface area (Å²) in [4.78, 5) is 16.5. The fourth-order valence-electron chi connectivity index (χ4n) is 4.94. The number of aryl methyl sites for hydroxylation is 4. The summed E-state index contributed by atoms with van der Waals surface area (Å²) in [7, 11) is 5.99. The van der Waals surface area contributed by atoms with Crippen LogP contribution in [-0.2, 0) is 26.9 Å². The molecule has 0 saturated carbocycles. The number of fused-ring (bicyclic) bond motifs is 3. The predicted molar refractivity (Wildman–Crippen MR) is 140 cm³/mol. The molecule has 0 unspecified atom stereocenters. The zero-order chi connectivity index (χ0) is 24.8. The van der Waals surface area contributed by atoms with Gasteiger partial charge in [0, 0.05) is 69.2 Å². The van der Waals surface area contributed by atoms with Gasteiger partial charge in [-0.25, -0.2) is 9.97 Å². The zero-order valence-corrected chi connectivity index (χ0v) is 21.0. The van der Waals surface area contributed by atoms with Gasteiger partial charge >= 0.3 is 0 Å². The van der Waals surface area contributed by atoms with Crippen LogP contribution < -0.4 is 5.32 Å². The monoisotopic (exact) mass is 479 g/mol. The normalized spacial score (nSPS) is 15.1. The van der Waals surface area contributed by atoms with Gasteiger partial charge in [0.1, 0.15) is 0 Å². The molecule has 1 N–H and O–H groups in total. The van der Waals surface area contributed by atoms with E-state index in [0.29, 0.717) is 5.95 Å². The molecule has 0 saturated heterocycles. The van der Waals surface area contributed by atoms with Gasteiger partial charge in [0.25, 0.3) is 0 Å². The van der Waals surface area contributed by atoms with Crippen molar-refractivity contribution in [1.82, 2.24) is 39.4 Å². The molecule has 4 aromatic heterocycles. The maximum atomic E-state index is 4.92. The molecule has 0 aromatic carbocycles. The average Bonchev–Trinajstić information content (AvgIpc) is 3.38. The van der Waals surface area contributed by atoms with Crippen LogP contribution in [0.1, 0.15) is 30.3 Å². The van der Waals surface area contributed by atoms with Crippen LogP contribution in [0.5, 0.6) is 0 Å². The van der Waals surface area contributed by atoms with Crippen LogP contribution >= 0.6 is 0 Å². The number of nitrogens with one attached hydrogen (secondary N) is 1. The third kappa shape index (κ3) is 4.06. The first-order valence-electron chi connectivity index (χ1n) is 12.2. The Labute approximate surface area is 210 Å². The van der Waals surface area contributed by atoms with Crippen molar-refractivity contribution in [3.8, 4) is 22.5 Å². The molecule has 9 nitrogen and oxygen atoms in total. The van der Waals surface area contributed by atoms with Gasteiger partial charge in [0.05, 0.1) is 34.7 Å². The molecule has 0 fully saturated rings. The second-order valence-electron chi connectivity index (χ2n) is 9.63. The van der Waals surface area contributed by atoms with Gasteiger partial charge in [0.15, 0.2) is 0 Å². The number of hydrogen-bond donors (Lipinski definition) is 1. The maximum absolute atomic E-state index is 4.92. The van der Waals surface area contributed by atoms with Crippen molar-refractivity contribution >= 4 is 17.2 Å². The molecule has 0 spiro atoms. The van der Waals surface area contributed by atoms with Crippen LogP contribution in [0.3, 0.4) is 0 Å². The van der Waals surface area contributed by atoms with Crippen molar-refractivity contribution in [2.45, 2.75) is 26.2 Å². The Morgan fingerprint density at radius 2 is 1.86 bits per heavy atom. The van der Waals surface area contributed by atoms with Crippen molar-refractivity contribution in [2.75, 3.05) is 18.9 Å². The minimum absolute atomic E-state index is 0.546. The summed E-state index contributed by atoms with van der Waals surface area (Å²) in [6.07, 6.45) is 14.7. The van der Waals surface area contributed by atoms with E-state index in [1.165, 1.54) is 5.57 Å². The van der Waals surface area contributed by atoms with Crippen molar-refractivity contribution < 1.29 is 0 Å². The number of pyridine rings is 1. The Morgan fingerprint density at radius 1 is 0.972 bits per heavy atom. The summed E-state index contributed by atoms with van der Waals surface area (Å²) in [6.45, 7) is 3.20. The minimum Gasteiger partial charge on any atom is -0.380 e. The molecular formula is C27H29N9. The van der Waals surface area contributed by atoms with E-state index in [9.17, 15) is 0 Å². The molecule has 0 amide bonds. The van der Waals surface area contributed by atoms with Gasteiger partial charge in [0.2, 0.25) is 5.95 Å². The highest BCUT2D eigenvalue weighted by Crippen LogP contribution is 2.39. The predicted octanol–water partition coefficient (Wildman–Crippen LogP) is 4.14. The molecule has 0 radical (unpaired) electrons. The van der Waals surface area contributed by atoms with Crippen molar-refractivity contribution in [1.29, 1.82) is 0 Å². The highest BCUT2D eigenvalue weighted by atomic mass is 15.3. The number of aromatic nitrogens is 7. The van der Waals surface area contributed by atoms with Crippen LogP contribution in [0, 0.1) is 0 Å². The Balaban J connectivity index is 1.38. The number of hydrogen-bond acceptors (Lipinski definition) is 7. The Bertz CT molecular complexity index is 1500. The van der Waals surface area contributed by atoms with Crippen LogP contribution in [0.2, 0.25) is 0 Å². The third-order valence-electron chi connectivity index (χ3n) is 6.77. The number of anilines is 2. The molecule has 9 heteroatoms. The number of rotatable bonds is 4. The van der Waals surface area contributed by atoms with E-state index in [1.54, 1.807) is 10.9 Å². The highest BCUT2D eigenvalue weighted by molar-refractivity contribution is 5.84. The van der Waals surface area contributed by atoms with Gasteiger partial charge in [-0.3, -0.25) is 14.3 Å². The maximum Gasteiger partial charge on any atom is 0.227 e. The summed E-state index contributed by atoms with van der Waals surface area (Å²) < 4.78 is 3.70. The molecule has 2 aliphatic rings. The molecular weight excluding hydrogens is 450 g/mol. The lowest BCUT2D eigenvalue weighted by atomic mass is 9.91. The SMILES string of the molecule is CC1=CC(c2ccc(-c3c4c(nn3C)CCc3cnc(Nc5cnn(C)c5)nc3-4)cn2)=CN(C)CC1. The van der Waals surface area contributed by atoms with Crippen molar-refractivity contribution in [3.05, 3.63) is 71.7 Å². The Kier molecular flexibility index (Phi) is 5.40. The van der Waals surface area contributed by atoms with Crippen LogP contribution in [0.15, 0.2) is 54.8 Å². The van der Waals surface area contributed by atoms with Gasteiger partial charge < -0.3 is 10.2 Å². The fourth-order valence-corrected chi connectivity index (χ4v) is 4.94. The molecule has 4 aromatic rings. The summed E-state index contributed by atoms with van der Waals surface area (Å²) in [5.41, 5.74) is 10.5. The van der Waals surface area contributed by atoms with Crippen LogP contribution in [0.4, 0.5) is 11.6 Å². The van der Waals surface area contributed by atoms with Crippen LogP contribution in [-0.4, -0.2) is 53.0 Å². The molecule has 1 aliphatic carbocycles. The minimum atomic E-state index is 0.546. The van der Waals surface area contributed by atoms with E-state index in [-0.39, 0.29) is 0 Å². The first-order valence-corrected chi connectivity index (χ1v) is 12.2. The lowest BCUT2D eigenvalue weighted by Gasteiger charge is -2.17. The summed E-state index contributed by atoms with van der Waals surface area (Å²) in [5, 5.41) is 12.3. The Morgan fingerprint density at radius 3 is 2.64 bits per heavy atom. The van der Waals surface area contributed by atoms with E-state index in [2.05, 4.69) is 58.7 Å². The summed E-state index contributed by atoms with van der Waals surface area (Å²) in [5.74, 6) is 0.546. The van der Waals surface area contributed by atoms with Crippen molar-refractivity contribution in [2.24, 2.45) is 14.1 Å². The van der Waals surface area contributed by atoms with Gasteiger partial charge in [-0.05, 0) is 43.9 Å². The molecule has 0 bridgehead atoms. The molecule has 5 heterocycles. The number of allylic oxidation sites excluding steroid dienone is 2. The molecule has 1 aliphatic heterocycles. The average molecular weight is 480 g/mol. The molecule has 182 valence electrons. The second-order valence-corrected chi connectivity index (χ2v) is 9.63. The summed E-state index contributed by atoms with van der Waals surface area (Å²) >= 11 is 0. The lowest BCUT2D eigenvalue weighted by Crippen LogP contribution is -2.11. The van der Waals surface area contributed by atoms with E-state index < -0.39 is 0 Å². The van der Waals surface area contributed by atoms with Crippen molar-refractivity contribution in [3.63, 3.8) is 0 Å². The van der Waals surface area contributed by atoms with Gasteiger partial charge in [-0.15, -0.1) is 0 Å². The molecule has 0 atom stereocenters. The Hall–Kier alpha value is -4.27. The quantitative estimate of drug-likeness (QED) is 0.471. The fraction of sp³-hybridized carbons (Fsp3) is 0.296. The van der Waals surface area contributed by atoms with Gasteiger partial charge in [-0.2, -0.15) is 10.2 Å². The lowest BCUT2D eigenvalue weighted by molar-refractivity contribution is 0.464. The highest BCUT2D eigenvalue weighted by Gasteiger charge is 2.27. The van der Waals surface area contributed by atoms with E-state index in [0.717, 1.165) is 76.5 Å². The third-order valence-corrected chi connectivity index (χ3v) is 6.77. The topological polar surface area (TPSA) is 89.6 Å². The van der Waals surface area contributed by atoms with Gasteiger partial charge in [-0.1, -0.05) is 11.6 Å². The second kappa shape index (κ2) is 8.75. The largest absolute Gasteiger partial charge is 0.380 e. The molecule has 6 rings (SSSR count). The van der Waals surface area contributed by atoms with E-state index in [1.807, 2.05) is 37.4 Å². The first-order chi connectivity index (χ1) is 17.4. The van der Waals surface area contributed by atoms with E-state index in [4.69, 9.17) is 15.1 Å². The standard InChI is InChI=1S/C27H29N9/c1-17-9-10-34(2)15-20(11-17)22-7-6-19(13-28-22)26-24-23(33-36(26)4)8-5-18-12-29-27(32-25(18)24)31-21-14-30-35(3)16-21/h6-7,11-16H,5,8-10H2,1-4H3,(H,29,31,32). The molecule has 36 heavy (non-hydrogen) atoms.